The van der Waals surface area contributed by atoms with E-state index in [9.17, 15) is 13.2 Å². The molecule has 2 N–H and O–H groups in total. The van der Waals surface area contributed by atoms with Crippen LogP contribution in [-0.4, -0.2) is 51.4 Å². The Morgan fingerprint density at radius 3 is 2.44 bits per heavy atom. The van der Waals surface area contributed by atoms with Gasteiger partial charge in [0.1, 0.15) is 0 Å². The molecule has 1 fully saturated rings. The lowest BCUT2D eigenvalue weighted by Crippen LogP contribution is -2.52. The summed E-state index contributed by atoms with van der Waals surface area (Å²) in [6, 6.07) is 3.86. The molecule has 0 radical (unpaired) electrons. The van der Waals surface area contributed by atoms with Crippen molar-refractivity contribution in [3.05, 3.63) is 28.8 Å². The molecule has 0 bridgehead atoms. The summed E-state index contributed by atoms with van der Waals surface area (Å²) in [6.07, 6.45) is 0.174. The monoisotopic (exact) mass is 389 g/mol. The third kappa shape index (κ3) is 5.41. The van der Waals surface area contributed by atoms with Gasteiger partial charge in [0.05, 0.1) is 4.90 Å². The van der Waals surface area contributed by atoms with Gasteiger partial charge < -0.3 is 10.2 Å². The first-order valence-corrected chi connectivity index (χ1v) is 9.78. The molecule has 1 saturated heterocycles. The van der Waals surface area contributed by atoms with E-state index in [1.54, 1.807) is 13.8 Å². The van der Waals surface area contributed by atoms with Gasteiger partial charge in [0.25, 0.3) is 0 Å². The number of amides is 1. The van der Waals surface area contributed by atoms with Crippen LogP contribution in [-0.2, 0) is 14.8 Å². The topological polar surface area (TPSA) is 78.5 Å². The Kier molecular flexibility index (Phi) is 7.87. The van der Waals surface area contributed by atoms with Crippen molar-refractivity contribution in [2.75, 3.05) is 26.2 Å². The smallest absolute Gasteiger partial charge is 0.241 e. The molecule has 6 nitrogen and oxygen atoms in total. The Labute approximate surface area is 156 Å². The van der Waals surface area contributed by atoms with Gasteiger partial charge in [-0.2, -0.15) is 0 Å². The lowest BCUT2D eigenvalue weighted by Gasteiger charge is -2.34. The van der Waals surface area contributed by atoms with Crippen LogP contribution in [0.15, 0.2) is 17.0 Å². The zero-order valence-electron chi connectivity index (χ0n) is 15.3. The fourth-order valence-electron chi connectivity index (χ4n) is 3.31. The second kappa shape index (κ2) is 8.98. The van der Waals surface area contributed by atoms with E-state index in [-0.39, 0.29) is 37.3 Å². The van der Waals surface area contributed by atoms with Crippen LogP contribution in [0.3, 0.4) is 0 Å². The number of carbonyl (C=O) groups excluding carboxylic acids is 1. The fraction of sp³-hybridized carbons (Fsp3) is 0.588. The number of sulfonamides is 1. The van der Waals surface area contributed by atoms with E-state index in [1.165, 1.54) is 0 Å². The molecule has 1 aliphatic rings. The Morgan fingerprint density at radius 2 is 1.88 bits per heavy atom. The number of aryl methyl sites for hydroxylation is 3. The molecule has 1 amide bonds. The molecule has 25 heavy (non-hydrogen) atoms. The summed E-state index contributed by atoms with van der Waals surface area (Å²) < 4.78 is 27.7. The molecule has 1 atom stereocenters. The van der Waals surface area contributed by atoms with E-state index in [0.29, 0.717) is 11.4 Å². The third-order valence-electron chi connectivity index (χ3n) is 4.33. The first-order valence-electron chi connectivity index (χ1n) is 8.30. The summed E-state index contributed by atoms with van der Waals surface area (Å²) >= 11 is 0. The second-order valence-corrected chi connectivity index (χ2v) is 8.22. The van der Waals surface area contributed by atoms with E-state index in [1.807, 2.05) is 30.9 Å². The van der Waals surface area contributed by atoms with Crippen LogP contribution in [0.4, 0.5) is 0 Å². The molecule has 0 aliphatic carbocycles. The first kappa shape index (κ1) is 21.9. The van der Waals surface area contributed by atoms with Crippen LogP contribution in [0.2, 0.25) is 0 Å². The lowest BCUT2D eigenvalue weighted by atomic mass is 10.1. The molecule has 0 saturated carbocycles. The van der Waals surface area contributed by atoms with Crippen molar-refractivity contribution in [1.29, 1.82) is 0 Å². The quantitative estimate of drug-likeness (QED) is 0.800. The molecule has 2 rings (SSSR count). The molecule has 0 unspecified atom stereocenters. The molecule has 1 aliphatic heterocycles. The van der Waals surface area contributed by atoms with Crippen molar-refractivity contribution in [2.45, 2.75) is 45.1 Å². The van der Waals surface area contributed by atoms with Crippen molar-refractivity contribution < 1.29 is 13.2 Å². The minimum absolute atomic E-state index is 0. The number of nitrogens with zero attached hydrogens (tertiary/aromatic N) is 1. The fourth-order valence-corrected chi connectivity index (χ4v) is 4.79. The van der Waals surface area contributed by atoms with Crippen molar-refractivity contribution >= 4 is 28.3 Å². The van der Waals surface area contributed by atoms with E-state index < -0.39 is 10.0 Å². The van der Waals surface area contributed by atoms with Gasteiger partial charge in [0.2, 0.25) is 15.9 Å². The van der Waals surface area contributed by atoms with Gasteiger partial charge in [0.15, 0.2) is 0 Å². The highest BCUT2D eigenvalue weighted by atomic mass is 35.5. The Hall–Kier alpha value is -1.15. The zero-order valence-corrected chi connectivity index (χ0v) is 16.9. The summed E-state index contributed by atoms with van der Waals surface area (Å²) in [6.45, 7) is 9.87. The second-order valence-electron chi connectivity index (χ2n) is 6.52. The van der Waals surface area contributed by atoms with E-state index in [2.05, 4.69) is 10.0 Å². The Morgan fingerprint density at radius 1 is 1.28 bits per heavy atom. The summed E-state index contributed by atoms with van der Waals surface area (Å²) in [5, 5.41) is 3.23. The summed E-state index contributed by atoms with van der Waals surface area (Å²) in [7, 11) is -3.61. The molecule has 0 spiro atoms. The van der Waals surface area contributed by atoms with Gasteiger partial charge in [-0.15, -0.1) is 12.4 Å². The van der Waals surface area contributed by atoms with Crippen molar-refractivity contribution in [2.24, 2.45) is 0 Å². The summed E-state index contributed by atoms with van der Waals surface area (Å²) in [5.41, 5.74) is 2.48. The van der Waals surface area contributed by atoms with E-state index >= 15 is 0 Å². The van der Waals surface area contributed by atoms with Gasteiger partial charge in [-0.05, 0) is 38.8 Å². The number of piperazine rings is 1. The molecular formula is C17H28ClN3O3S. The standard InChI is InChI=1S/C17H27N3O3S.ClH/c1-12-9-13(2)17(14(3)10-12)24(22,23)19-6-5-16(21)20-8-7-18-11-15(20)4;/h9-10,15,18-19H,5-8,11H2,1-4H3;1H/t15-;/m0./s1. The number of benzene rings is 1. The predicted molar refractivity (Wildman–Crippen MR) is 102 cm³/mol. The van der Waals surface area contributed by atoms with Crippen LogP contribution in [0.5, 0.6) is 0 Å². The number of hydrogen-bond donors (Lipinski definition) is 2. The Bertz CT molecular complexity index is 699. The normalized spacial score (nSPS) is 17.9. The van der Waals surface area contributed by atoms with Gasteiger partial charge in [-0.1, -0.05) is 17.7 Å². The van der Waals surface area contributed by atoms with E-state index in [4.69, 9.17) is 0 Å². The minimum Gasteiger partial charge on any atom is -0.337 e. The van der Waals surface area contributed by atoms with Crippen molar-refractivity contribution in [1.82, 2.24) is 14.9 Å². The van der Waals surface area contributed by atoms with Crippen LogP contribution in [0.1, 0.15) is 30.0 Å². The maximum absolute atomic E-state index is 12.6. The maximum atomic E-state index is 12.6. The lowest BCUT2D eigenvalue weighted by molar-refractivity contribution is -0.133. The van der Waals surface area contributed by atoms with Gasteiger partial charge in [-0.3, -0.25) is 4.79 Å². The number of hydrogen-bond acceptors (Lipinski definition) is 4. The zero-order chi connectivity index (χ0) is 17.9. The molecule has 0 aromatic heterocycles. The SMILES string of the molecule is Cc1cc(C)c(S(=O)(=O)NCCC(=O)N2CCNC[C@@H]2C)c(C)c1.Cl. The molecule has 142 valence electrons. The van der Waals surface area contributed by atoms with Crippen LogP contribution < -0.4 is 10.0 Å². The van der Waals surface area contributed by atoms with Crippen LogP contribution in [0.25, 0.3) is 0 Å². The van der Waals surface area contributed by atoms with Gasteiger partial charge >= 0.3 is 0 Å². The average Bonchev–Trinajstić information content (AvgIpc) is 2.45. The Balaban J connectivity index is 0.00000312. The minimum atomic E-state index is -3.61. The van der Waals surface area contributed by atoms with Crippen LogP contribution in [0, 0.1) is 20.8 Å². The maximum Gasteiger partial charge on any atom is 0.241 e. The summed E-state index contributed by atoms with van der Waals surface area (Å²) in [4.78, 5) is 14.4. The van der Waals surface area contributed by atoms with Gasteiger partial charge in [-0.25, -0.2) is 13.1 Å². The van der Waals surface area contributed by atoms with Gasteiger partial charge in [0, 0.05) is 38.6 Å². The molecule has 1 heterocycles. The highest BCUT2D eigenvalue weighted by Gasteiger charge is 2.24. The predicted octanol–water partition coefficient (Wildman–Crippen LogP) is 1.52. The third-order valence-corrected chi connectivity index (χ3v) is 6.09. The molecule has 1 aromatic rings. The van der Waals surface area contributed by atoms with Crippen molar-refractivity contribution in [3.63, 3.8) is 0 Å². The number of nitrogens with one attached hydrogen (secondary N) is 2. The number of rotatable bonds is 5. The largest absolute Gasteiger partial charge is 0.337 e. The number of carbonyl (C=O) groups is 1. The average molecular weight is 390 g/mol. The van der Waals surface area contributed by atoms with E-state index in [0.717, 1.165) is 29.8 Å². The number of halogens is 1. The van der Waals surface area contributed by atoms with Crippen molar-refractivity contribution in [3.8, 4) is 0 Å². The molecule has 8 heteroatoms. The molecule has 1 aromatic carbocycles. The molecular weight excluding hydrogens is 362 g/mol. The first-order chi connectivity index (χ1) is 11.2. The summed E-state index contributed by atoms with van der Waals surface area (Å²) in [5.74, 6) is -0.0101. The van der Waals surface area contributed by atoms with Crippen LogP contribution >= 0.6 is 12.4 Å². The highest BCUT2D eigenvalue weighted by Crippen LogP contribution is 2.21. The highest BCUT2D eigenvalue weighted by molar-refractivity contribution is 7.89.